The minimum atomic E-state index is 0.718. The first-order chi connectivity index (χ1) is 12.8. The van der Waals surface area contributed by atoms with Crippen molar-refractivity contribution >= 4 is 0 Å². The number of aromatic nitrogens is 4. The largest absolute Gasteiger partial charge is 0.497 e. The highest BCUT2D eigenvalue weighted by Gasteiger charge is 2.29. The molecule has 4 aromatic rings. The topological polar surface area (TPSA) is 66.0 Å². The number of ether oxygens (including phenoxy) is 1. The zero-order valence-corrected chi connectivity index (χ0v) is 14.4. The lowest BCUT2D eigenvalue weighted by Gasteiger charge is -2.04. The van der Waals surface area contributed by atoms with Crippen LogP contribution in [0.25, 0.3) is 34.0 Å². The molecule has 0 N–H and O–H groups in total. The van der Waals surface area contributed by atoms with E-state index in [-0.39, 0.29) is 0 Å². The molecule has 2 aromatic heterocycles. The third-order valence-corrected chi connectivity index (χ3v) is 4.77. The molecule has 3 heterocycles. The number of benzene rings is 2. The van der Waals surface area contributed by atoms with Gasteiger partial charge in [-0.2, -0.15) is 0 Å². The van der Waals surface area contributed by atoms with E-state index in [1.807, 2.05) is 49.4 Å². The van der Waals surface area contributed by atoms with E-state index in [0.717, 1.165) is 52.1 Å². The molecule has 1 aliphatic rings. The average molecular weight is 344 g/mol. The Bertz CT molecular complexity index is 1110. The Kier molecular flexibility index (Phi) is 3.18. The highest BCUT2D eigenvalue weighted by atomic mass is 16.5. The Morgan fingerprint density at radius 3 is 2.65 bits per heavy atom. The Labute approximate surface area is 150 Å². The van der Waals surface area contributed by atoms with Crippen LogP contribution in [0.5, 0.6) is 5.75 Å². The van der Waals surface area contributed by atoms with E-state index in [0.29, 0.717) is 0 Å². The van der Waals surface area contributed by atoms with Gasteiger partial charge < -0.3 is 13.8 Å². The summed E-state index contributed by atoms with van der Waals surface area (Å²) in [5.41, 5.74) is 4.92. The molecule has 0 saturated heterocycles. The van der Waals surface area contributed by atoms with Gasteiger partial charge in [0.25, 0.3) is 0 Å². The van der Waals surface area contributed by atoms with Crippen molar-refractivity contribution < 1.29 is 9.26 Å². The van der Waals surface area contributed by atoms with Gasteiger partial charge in [-0.1, -0.05) is 41.6 Å². The van der Waals surface area contributed by atoms with Crippen molar-refractivity contribution in [3.8, 4) is 39.8 Å². The second kappa shape index (κ2) is 5.56. The summed E-state index contributed by atoms with van der Waals surface area (Å²) in [6.45, 7) is 2.62. The van der Waals surface area contributed by atoms with Crippen molar-refractivity contribution in [2.45, 2.75) is 13.5 Å². The molecule has 0 aliphatic carbocycles. The molecule has 0 saturated carbocycles. The minimum Gasteiger partial charge on any atom is -0.497 e. The van der Waals surface area contributed by atoms with Crippen LogP contribution in [0.2, 0.25) is 0 Å². The molecule has 6 nitrogen and oxygen atoms in total. The lowest BCUT2D eigenvalue weighted by molar-refractivity contribution is 0.400. The summed E-state index contributed by atoms with van der Waals surface area (Å²) in [7, 11) is 1.67. The normalized spacial score (nSPS) is 12.1. The number of aryl methyl sites for hydroxylation is 1. The summed E-state index contributed by atoms with van der Waals surface area (Å²) in [6.07, 6.45) is 0. The van der Waals surface area contributed by atoms with Gasteiger partial charge >= 0.3 is 0 Å². The van der Waals surface area contributed by atoms with Gasteiger partial charge in [0.15, 0.2) is 11.6 Å². The molecule has 0 radical (unpaired) electrons. The number of hydrogen-bond acceptors (Lipinski definition) is 5. The quantitative estimate of drug-likeness (QED) is 0.496. The fourth-order valence-electron chi connectivity index (χ4n) is 3.46. The lowest BCUT2D eigenvalue weighted by Crippen LogP contribution is -1.98. The minimum absolute atomic E-state index is 0.718. The highest BCUT2D eigenvalue weighted by Crippen LogP contribution is 2.39. The van der Waals surface area contributed by atoms with E-state index in [9.17, 15) is 0 Å². The lowest BCUT2D eigenvalue weighted by atomic mass is 10.1. The van der Waals surface area contributed by atoms with Gasteiger partial charge in [0, 0.05) is 11.1 Å². The molecule has 0 spiro atoms. The maximum atomic E-state index is 5.50. The monoisotopic (exact) mass is 344 g/mol. The van der Waals surface area contributed by atoms with Crippen molar-refractivity contribution in [1.29, 1.82) is 0 Å². The number of nitrogens with zero attached hydrogens (tertiary/aromatic N) is 4. The summed E-state index contributed by atoms with van der Waals surface area (Å²) in [4.78, 5) is 0. The highest BCUT2D eigenvalue weighted by molar-refractivity contribution is 5.80. The molecule has 0 fully saturated rings. The zero-order chi connectivity index (χ0) is 17.7. The van der Waals surface area contributed by atoms with Crippen molar-refractivity contribution in [3.05, 3.63) is 59.9 Å². The zero-order valence-electron chi connectivity index (χ0n) is 14.4. The van der Waals surface area contributed by atoms with Gasteiger partial charge in [-0.3, -0.25) is 0 Å². The molecule has 2 aromatic carbocycles. The molecule has 6 heteroatoms. The standard InChI is InChI=1S/C20H16N4O2/c1-12-17(18(23-26-12)13-6-4-3-5-7-13)20-22-21-19-16-10-15(25-2)9-8-14(16)11-24(19)20/h3-10H,11H2,1-2H3. The first kappa shape index (κ1) is 14.9. The SMILES string of the molecule is COc1ccc2c(c1)-c1nnc(-c3c(-c4ccccc4)noc3C)n1C2. The van der Waals surface area contributed by atoms with E-state index < -0.39 is 0 Å². The van der Waals surface area contributed by atoms with Crippen LogP contribution in [-0.4, -0.2) is 27.0 Å². The van der Waals surface area contributed by atoms with Crippen LogP contribution in [0, 0.1) is 6.92 Å². The van der Waals surface area contributed by atoms with Crippen LogP contribution in [-0.2, 0) is 6.54 Å². The molecule has 0 amide bonds. The van der Waals surface area contributed by atoms with Gasteiger partial charge in [-0.15, -0.1) is 10.2 Å². The fourth-order valence-corrected chi connectivity index (χ4v) is 3.46. The third-order valence-electron chi connectivity index (χ3n) is 4.77. The number of hydrogen-bond donors (Lipinski definition) is 0. The first-order valence-electron chi connectivity index (χ1n) is 8.39. The Morgan fingerprint density at radius 1 is 1.04 bits per heavy atom. The van der Waals surface area contributed by atoms with Crippen molar-refractivity contribution in [3.63, 3.8) is 0 Å². The molecular weight excluding hydrogens is 328 g/mol. The Balaban J connectivity index is 1.67. The molecule has 128 valence electrons. The van der Waals surface area contributed by atoms with E-state index in [2.05, 4.69) is 26.0 Å². The number of rotatable bonds is 3. The molecule has 0 bridgehead atoms. The smallest absolute Gasteiger partial charge is 0.170 e. The maximum absolute atomic E-state index is 5.50. The van der Waals surface area contributed by atoms with Crippen molar-refractivity contribution in [1.82, 2.24) is 19.9 Å². The van der Waals surface area contributed by atoms with Crippen LogP contribution in [0.1, 0.15) is 11.3 Å². The predicted octanol–water partition coefficient (Wildman–Crippen LogP) is 3.95. The van der Waals surface area contributed by atoms with Crippen molar-refractivity contribution in [2.24, 2.45) is 0 Å². The molecule has 26 heavy (non-hydrogen) atoms. The molecular formula is C20H16N4O2. The molecule has 1 aliphatic heterocycles. The van der Waals surface area contributed by atoms with E-state index in [4.69, 9.17) is 9.26 Å². The van der Waals surface area contributed by atoms with Crippen LogP contribution in [0.4, 0.5) is 0 Å². The first-order valence-corrected chi connectivity index (χ1v) is 8.39. The van der Waals surface area contributed by atoms with Gasteiger partial charge in [-0.05, 0) is 24.6 Å². The van der Waals surface area contributed by atoms with Crippen LogP contribution < -0.4 is 4.74 Å². The number of fused-ring (bicyclic) bond motifs is 3. The van der Waals surface area contributed by atoms with Gasteiger partial charge in [0.1, 0.15) is 17.2 Å². The second-order valence-corrected chi connectivity index (χ2v) is 6.28. The third kappa shape index (κ3) is 2.08. The Morgan fingerprint density at radius 2 is 1.85 bits per heavy atom. The van der Waals surface area contributed by atoms with Gasteiger partial charge in [0.2, 0.25) is 0 Å². The van der Waals surface area contributed by atoms with E-state index >= 15 is 0 Å². The maximum Gasteiger partial charge on any atom is 0.170 e. The predicted molar refractivity (Wildman–Crippen MR) is 96.8 cm³/mol. The van der Waals surface area contributed by atoms with E-state index in [1.165, 1.54) is 5.56 Å². The van der Waals surface area contributed by atoms with Crippen LogP contribution in [0.3, 0.4) is 0 Å². The summed E-state index contributed by atoms with van der Waals surface area (Å²) in [5, 5.41) is 13.2. The van der Waals surface area contributed by atoms with Crippen LogP contribution in [0.15, 0.2) is 53.1 Å². The van der Waals surface area contributed by atoms with Gasteiger partial charge in [0.05, 0.1) is 19.2 Å². The van der Waals surface area contributed by atoms with Crippen molar-refractivity contribution in [2.75, 3.05) is 7.11 Å². The Hall–Kier alpha value is -3.41. The second-order valence-electron chi connectivity index (χ2n) is 6.28. The average Bonchev–Trinajstić information content (AvgIpc) is 3.35. The summed E-state index contributed by atoms with van der Waals surface area (Å²) >= 11 is 0. The fraction of sp³-hybridized carbons (Fsp3) is 0.150. The van der Waals surface area contributed by atoms with Gasteiger partial charge in [-0.25, -0.2) is 0 Å². The summed E-state index contributed by atoms with van der Waals surface area (Å²) < 4.78 is 13.0. The molecule has 5 rings (SSSR count). The number of methoxy groups -OCH3 is 1. The van der Waals surface area contributed by atoms with Crippen LogP contribution >= 0.6 is 0 Å². The molecule has 0 atom stereocenters. The summed E-state index contributed by atoms with van der Waals surface area (Å²) in [6, 6.07) is 16.0. The van der Waals surface area contributed by atoms with E-state index in [1.54, 1.807) is 7.11 Å². The molecule has 0 unspecified atom stereocenters. The summed E-state index contributed by atoms with van der Waals surface area (Å²) in [5.74, 6) is 3.15.